The van der Waals surface area contributed by atoms with Crippen molar-refractivity contribution in [3.05, 3.63) is 30.1 Å². The summed E-state index contributed by atoms with van der Waals surface area (Å²) in [7, 11) is 1.70. The van der Waals surface area contributed by atoms with Crippen LogP contribution >= 0.6 is 0 Å². The van der Waals surface area contributed by atoms with Gasteiger partial charge in [-0.2, -0.15) is 0 Å². The van der Waals surface area contributed by atoms with Crippen molar-refractivity contribution in [3.63, 3.8) is 0 Å². The quantitative estimate of drug-likeness (QED) is 0.800. The molecule has 1 saturated heterocycles. The third-order valence-electron chi connectivity index (χ3n) is 5.99. The van der Waals surface area contributed by atoms with Crippen LogP contribution in [0.4, 0.5) is 5.69 Å². The van der Waals surface area contributed by atoms with Crippen molar-refractivity contribution >= 4 is 5.69 Å². The molecule has 1 aromatic heterocycles. The van der Waals surface area contributed by atoms with E-state index in [2.05, 4.69) is 60.3 Å². The fourth-order valence-corrected chi connectivity index (χ4v) is 3.84. The molecule has 2 heterocycles. The molecule has 27 heavy (non-hydrogen) atoms. The van der Waals surface area contributed by atoms with Crippen molar-refractivity contribution in [2.75, 3.05) is 38.2 Å². The monoisotopic (exact) mass is 373 g/mol. The maximum Gasteiger partial charge on any atom is 0.209 e. The van der Waals surface area contributed by atoms with Crippen molar-refractivity contribution in [2.24, 2.45) is 0 Å². The highest BCUT2D eigenvalue weighted by molar-refractivity contribution is 5.49. The van der Waals surface area contributed by atoms with Gasteiger partial charge in [0.05, 0.1) is 38.8 Å². The normalized spacial score (nSPS) is 17.1. The second kappa shape index (κ2) is 8.25. The van der Waals surface area contributed by atoms with Crippen LogP contribution in [0.15, 0.2) is 24.3 Å². The van der Waals surface area contributed by atoms with E-state index in [-0.39, 0.29) is 5.54 Å². The predicted molar refractivity (Wildman–Crippen MR) is 106 cm³/mol. The lowest BCUT2D eigenvalue weighted by Crippen LogP contribution is -3.15. The number of piperazine rings is 1. The van der Waals surface area contributed by atoms with E-state index in [9.17, 15) is 0 Å². The van der Waals surface area contributed by atoms with Crippen molar-refractivity contribution in [1.82, 2.24) is 20.2 Å². The zero-order chi connectivity index (χ0) is 19.4. The Balaban J connectivity index is 1.70. The van der Waals surface area contributed by atoms with E-state index in [1.807, 2.05) is 16.8 Å². The topological polar surface area (TPSA) is 60.5 Å². The van der Waals surface area contributed by atoms with Gasteiger partial charge in [-0.1, -0.05) is 13.8 Å². The molecule has 0 aliphatic carbocycles. The molecule has 0 amide bonds. The lowest BCUT2D eigenvalue weighted by molar-refractivity contribution is -0.933. The first-order valence-corrected chi connectivity index (χ1v) is 10.0. The minimum absolute atomic E-state index is 0.0589. The number of rotatable bonds is 7. The summed E-state index contributed by atoms with van der Waals surface area (Å²) in [6.45, 7) is 13.1. The van der Waals surface area contributed by atoms with E-state index in [4.69, 9.17) is 4.74 Å². The minimum Gasteiger partial charge on any atom is -0.497 e. The summed E-state index contributed by atoms with van der Waals surface area (Å²) in [4.78, 5) is 4.03. The molecule has 3 rings (SSSR count). The number of nitrogens with zero attached hydrogens (tertiary/aromatic N) is 5. The number of nitrogens with one attached hydrogen (secondary N) is 1. The van der Waals surface area contributed by atoms with Crippen LogP contribution in [0.2, 0.25) is 0 Å². The van der Waals surface area contributed by atoms with E-state index in [1.165, 1.54) is 5.69 Å². The van der Waals surface area contributed by atoms with Gasteiger partial charge in [0.2, 0.25) is 5.82 Å². The first kappa shape index (κ1) is 19.6. The lowest BCUT2D eigenvalue weighted by Gasteiger charge is -2.37. The van der Waals surface area contributed by atoms with Crippen LogP contribution < -0.4 is 14.5 Å². The SMILES string of the molecule is CC[C@@H](c1nnnn1C(C)(C)CC)[NH+]1CCN(c2ccc(OC)cc2)CC1. The molecule has 1 aromatic carbocycles. The van der Waals surface area contributed by atoms with Crippen molar-refractivity contribution in [1.29, 1.82) is 0 Å². The Morgan fingerprint density at radius 3 is 2.37 bits per heavy atom. The van der Waals surface area contributed by atoms with Crippen molar-refractivity contribution in [3.8, 4) is 5.75 Å². The smallest absolute Gasteiger partial charge is 0.209 e. The molecule has 0 unspecified atom stereocenters. The van der Waals surface area contributed by atoms with Crippen LogP contribution in [0, 0.1) is 0 Å². The summed E-state index contributed by atoms with van der Waals surface area (Å²) in [6, 6.07) is 8.69. The van der Waals surface area contributed by atoms with Crippen LogP contribution in [0.25, 0.3) is 0 Å². The van der Waals surface area contributed by atoms with Gasteiger partial charge in [0, 0.05) is 12.1 Å². The maximum atomic E-state index is 5.26. The predicted octanol–water partition coefficient (Wildman–Crippen LogP) is 1.68. The molecule has 148 valence electrons. The summed E-state index contributed by atoms with van der Waals surface area (Å²) in [5.74, 6) is 1.93. The van der Waals surface area contributed by atoms with E-state index in [0.717, 1.165) is 50.6 Å². The maximum absolute atomic E-state index is 5.26. The van der Waals surface area contributed by atoms with Gasteiger partial charge in [-0.05, 0) is 55.0 Å². The molecule has 0 saturated carbocycles. The Bertz CT molecular complexity index is 718. The number of quaternary nitrogens is 1. The minimum atomic E-state index is -0.0589. The van der Waals surface area contributed by atoms with Crippen LogP contribution in [-0.2, 0) is 5.54 Å². The van der Waals surface area contributed by atoms with Crippen molar-refractivity contribution in [2.45, 2.75) is 52.1 Å². The number of methoxy groups -OCH3 is 1. The first-order chi connectivity index (χ1) is 13.0. The highest BCUT2D eigenvalue weighted by Gasteiger charge is 2.34. The summed E-state index contributed by atoms with van der Waals surface area (Å²) in [5, 5.41) is 12.8. The van der Waals surface area contributed by atoms with E-state index in [0.29, 0.717) is 6.04 Å². The fourth-order valence-electron chi connectivity index (χ4n) is 3.84. The third kappa shape index (κ3) is 4.08. The first-order valence-electron chi connectivity index (χ1n) is 10.0. The molecule has 1 aliphatic rings. The number of ether oxygens (including phenoxy) is 1. The fraction of sp³-hybridized carbons (Fsp3) is 0.650. The second-order valence-electron chi connectivity index (χ2n) is 7.92. The van der Waals surface area contributed by atoms with Gasteiger partial charge in [-0.3, -0.25) is 0 Å². The molecular formula is C20H33N6O+. The molecule has 1 atom stereocenters. The standard InChI is InChI=1S/C20H32N6O/c1-6-18(19-21-22-23-26(19)20(3,4)7-2)25-14-12-24(13-15-25)16-8-10-17(27-5)11-9-16/h8-11,18H,6-7,12-15H2,1-5H3/p+1/t18-/m0/s1. The zero-order valence-electron chi connectivity index (χ0n) is 17.3. The summed E-state index contributed by atoms with van der Waals surface area (Å²) in [5.41, 5.74) is 1.20. The summed E-state index contributed by atoms with van der Waals surface area (Å²) in [6.07, 6.45) is 2.04. The Morgan fingerprint density at radius 2 is 1.81 bits per heavy atom. The van der Waals surface area contributed by atoms with E-state index < -0.39 is 0 Å². The molecule has 1 aliphatic heterocycles. The molecular weight excluding hydrogens is 340 g/mol. The molecule has 1 fully saturated rings. The largest absolute Gasteiger partial charge is 0.497 e. The Labute approximate surface area is 162 Å². The molecule has 7 nitrogen and oxygen atoms in total. The average Bonchev–Trinajstić information content (AvgIpc) is 3.20. The van der Waals surface area contributed by atoms with Gasteiger partial charge in [0.25, 0.3) is 0 Å². The average molecular weight is 374 g/mol. The Kier molecular flexibility index (Phi) is 5.99. The van der Waals surface area contributed by atoms with Crippen molar-refractivity contribution < 1.29 is 9.64 Å². The summed E-state index contributed by atoms with van der Waals surface area (Å²) < 4.78 is 7.31. The molecule has 7 heteroatoms. The number of benzene rings is 1. The molecule has 1 N–H and O–H groups in total. The highest BCUT2D eigenvalue weighted by Crippen LogP contribution is 2.23. The van der Waals surface area contributed by atoms with Crippen LogP contribution in [0.3, 0.4) is 0 Å². The van der Waals surface area contributed by atoms with Gasteiger partial charge >= 0.3 is 0 Å². The van der Waals surface area contributed by atoms with Gasteiger partial charge in [-0.25, -0.2) is 4.68 Å². The number of anilines is 1. The highest BCUT2D eigenvalue weighted by atomic mass is 16.5. The number of hydrogen-bond donors (Lipinski definition) is 1. The van der Waals surface area contributed by atoms with E-state index in [1.54, 1.807) is 12.0 Å². The second-order valence-corrected chi connectivity index (χ2v) is 7.92. The number of tetrazole rings is 1. The van der Waals surface area contributed by atoms with Gasteiger partial charge in [0.1, 0.15) is 11.8 Å². The van der Waals surface area contributed by atoms with Gasteiger partial charge < -0.3 is 14.5 Å². The van der Waals surface area contributed by atoms with Crippen LogP contribution in [0.5, 0.6) is 5.75 Å². The molecule has 2 aromatic rings. The Morgan fingerprint density at radius 1 is 1.15 bits per heavy atom. The lowest BCUT2D eigenvalue weighted by atomic mass is 10.0. The van der Waals surface area contributed by atoms with E-state index >= 15 is 0 Å². The summed E-state index contributed by atoms with van der Waals surface area (Å²) >= 11 is 0. The Hall–Kier alpha value is -2.15. The third-order valence-corrected chi connectivity index (χ3v) is 5.99. The van der Waals surface area contributed by atoms with Crippen LogP contribution in [-0.4, -0.2) is 53.5 Å². The molecule has 0 bridgehead atoms. The molecule has 0 spiro atoms. The van der Waals surface area contributed by atoms with Gasteiger partial charge in [-0.15, -0.1) is 5.10 Å². The zero-order valence-corrected chi connectivity index (χ0v) is 17.3. The van der Waals surface area contributed by atoms with Gasteiger partial charge in [0.15, 0.2) is 0 Å². The van der Waals surface area contributed by atoms with Crippen LogP contribution in [0.1, 0.15) is 52.4 Å². The number of aromatic nitrogens is 4. The molecule has 0 radical (unpaired) electrons. The number of hydrogen-bond acceptors (Lipinski definition) is 5.